The van der Waals surface area contributed by atoms with Crippen molar-refractivity contribution in [1.29, 1.82) is 0 Å². The van der Waals surface area contributed by atoms with Gasteiger partial charge in [0.1, 0.15) is 5.75 Å². The third-order valence-corrected chi connectivity index (χ3v) is 3.07. The zero-order valence-corrected chi connectivity index (χ0v) is 12.4. The van der Waals surface area contributed by atoms with Crippen LogP contribution in [0.5, 0.6) is 5.75 Å². The molecule has 0 unspecified atom stereocenters. The molecule has 0 saturated carbocycles. The van der Waals surface area contributed by atoms with Gasteiger partial charge in [0, 0.05) is 10.5 Å². The SMILES string of the molecule is CC(C)CC[C@@H](N)c1cc(Br)cc(OC(F)(F)F)c1. The number of ether oxygens (including phenoxy) is 1. The van der Waals surface area contributed by atoms with E-state index in [1.54, 1.807) is 6.07 Å². The van der Waals surface area contributed by atoms with E-state index < -0.39 is 6.36 Å². The maximum absolute atomic E-state index is 12.2. The van der Waals surface area contributed by atoms with Gasteiger partial charge in [0.2, 0.25) is 0 Å². The molecule has 0 aromatic heterocycles. The first kappa shape index (κ1) is 16.3. The lowest BCUT2D eigenvalue weighted by atomic mass is 9.98. The molecule has 108 valence electrons. The summed E-state index contributed by atoms with van der Waals surface area (Å²) in [6.45, 7) is 4.15. The van der Waals surface area contributed by atoms with Crippen molar-refractivity contribution in [2.45, 2.75) is 39.1 Å². The number of hydrogen-bond acceptors (Lipinski definition) is 2. The van der Waals surface area contributed by atoms with Crippen LogP contribution in [-0.2, 0) is 0 Å². The molecule has 0 saturated heterocycles. The van der Waals surface area contributed by atoms with Crippen molar-refractivity contribution in [1.82, 2.24) is 0 Å². The highest BCUT2D eigenvalue weighted by Gasteiger charge is 2.31. The van der Waals surface area contributed by atoms with Crippen LogP contribution in [0.2, 0.25) is 0 Å². The minimum atomic E-state index is -4.69. The summed E-state index contributed by atoms with van der Waals surface area (Å²) in [6.07, 6.45) is -3.05. The topological polar surface area (TPSA) is 35.2 Å². The Balaban J connectivity index is 2.84. The lowest BCUT2D eigenvalue weighted by Crippen LogP contribution is -2.18. The first-order valence-electron chi connectivity index (χ1n) is 5.99. The molecule has 0 heterocycles. The van der Waals surface area contributed by atoms with Gasteiger partial charge in [-0.25, -0.2) is 0 Å². The van der Waals surface area contributed by atoms with Crippen molar-refractivity contribution >= 4 is 15.9 Å². The van der Waals surface area contributed by atoms with Crippen LogP contribution in [0.1, 0.15) is 38.3 Å². The maximum atomic E-state index is 12.2. The van der Waals surface area contributed by atoms with Crippen molar-refractivity contribution < 1.29 is 17.9 Å². The molecule has 0 aliphatic heterocycles. The summed E-state index contributed by atoms with van der Waals surface area (Å²) in [5, 5.41) is 0. The lowest BCUT2D eigenvalue weighted by molar-refractivity contribution is -0.274. The normalized spacial score (nSPS) is 13.7. The molecule has 1 aromatic carbocycles. The molecule has 2 N–H and O–H groups in total. The van der Waals surface area contributed by atoms with E-state index >= 15 is 0 Å². The first-order chi connectivity index (χ1) is 8.67. The van der Waals surface area contributed by atoms with Gasteiger partial charge < -0.3 is 10.5 Å². The van der Waals surface area contributed by atoms with Crippen LogP contribution < -0.4 is 10.5 Å². The lowest BCUT2D eigenvalue weighted by Gasteiger charge is -2.16. The predicted octanol–water partition coefficient (Wildman–Crippen LogP) is 4.78. The molecule has 1 atom stereocenters. The Kier molecular flexibility index (Phi) is 5.67. The van der Waals surface area contributed by atoms with Crippen LogP contribution in [0.25, 0.3) is 0 Å². The molecule has 6 heteroatoms. The van der Waals surface area contributed by atoms with Gasteiger partial charge in [0.15, 0.2) is 0 Å². The number of alkyl halides is 3. The smallest absolute Gasteiger partial charge is 0.406 e. The number of hydrogen-bond donors (Lipinski definition) is 1. The highest BCUT2D eigenvalue weighted by molar-refractivity contribution is 9.10. The molecule has 0 amide bonds. The highest BCUT2D eigenvalue weighted by Crippen LogP contribution is 2.30. The zero-order valence-electron chi connectivity index (χ0n) is 10.8. The third-order valence-electron chi connectivity index (χ3n) is 2.61. The molecule has 2 nitrogen and oxygen atoms in total. The van der Waals surface area contributed by atoms with Gasteiger partial charge >= 0.3 is 6.36 Å². The summed E-state index contributed by atoms with van der Waals surface area (Å²) in [6, 6.07) is 4.03. The Labute approximate surface area is 119 Å². The highest BCUT2D eigenvalue weighted by atomic mass is 79.9. The van der Waals surface area contributed by atoms with Gasteiger partial charge in [-0.1, -0.05) is 29.8 Å². The van der Waals surface area contributed by atoms with E-state index in [0.29, 0.717) is 16.0 Å². The maximum Gasteiger partial charge on any atom is 0.573 e. The van der Waals surface area contributed by atoms with Gasteiger partial charge in [0.25, 0.3) is 0 Å². The van der Waals surface area contributed by atoms with Crippen LogP contribution in [0.3, 0.4) is 0 Å². The van der Waals surface area contributed by atoms with Gasteiger partial charge in [-0.05, 0) is 42.5 Å². The summed E-state index contributed by atoms with van der Waals surface area (Å²) >= 11 is 3.17. The van der Waals surface area contributed by atoms with Gasteiger partial charge in [-0.3, -0.25) is 0 Å². The molecule has 0 radical (unpaired) electrons. The minimum absolute atomic E-state index is 0.253. The van der Waals surface area contributed by atoms with E-state index in [9.17, 15) is 13.2 Å². The van der Waals surface area contributed by atoms with Gasteiger partial charge in [-0.2, -0.15) is 0 Å². The Morgan fingerprint density at radius 3 is 2.37 bits per heavy atom. The van der Waals surface area contributed by atoms with E-state index in [-0.39, 0.29) is 11.8 Å². The fourth-order valence-electron chi connectivity index (χ4n) is 1.67. The van der Waals surface area contributed by atoms with E-state index in [4.69, 9.17) is 5.73 Å². The van der Waals surface area contributed by atoms with E-state index in [2.05, 4.69) is 34.5 Å². The van der Waals surface area contributed by atoms with Crippen LogP contribution in [0, 0.1) is 5.92 Å². The molecule has 1 aromatic rings. The van der Waals surface area contributed by atoms with Crippen molar-refractivity contribution in [2.75, 3.05) is 0 Å². The average Bonchev–Trinajstić information content (AvgIpc) is 2.22. The second-order valence-electron chi connectivity index (χ2n) is 4.85. The summed E-state index contributed by atoms with van der Waals surface area (Å²) in [5.41, 5.74) is 6.62. The van der Waals surface area contributed by atoms with Crippen molar-refractivity contribution in [3.63, 3.8) is 0 Å². The Bertz CT molecular complexity index is 421. The molecule has 19 heavy (non-hydrogen) atoms. The van der Waals surface area contributed by atoms with Crippen LogP contribution in [0.4, 0.5) is 13.2 Å². The van der Waals surface area contributed by atoms with Crippen molar-refractivity contribution in [3.05, 3.63) is 28.2 Å². The second kappa shape index (κ2) is 6.61. The van der Waals surface area contributed by atoms with Crippen molar-refractivity contribution in [2.24, 2.45) is 11.7 Å². The van der Waals surface area contributed by atoms with Crippen LogP contribution in [-0.4, -0.2) is 6.36 Å². The average molecular weight is 340 g/mol. The van der Waals surface area contributed by atoms with Crippen molar-refractivity contribution in [3.8, 4) is 5.75 Å². The Hall–Kier alpha value is -0.750. The summed E-state index contributed by atoms with van der Waals surface area (Å²) < 4.78 is 41.0. The quantitative estimate of drug-likeness (QED) is 0.837. The van der Waals surface area contributed by atoms with Gasteiger partial charge in [0.05, 0.1) is 0 Å². The molecule has 0 bridgehead atoms. The van der Waals surface area contributed by atoms with Crippen LogP contribution >= 0.6 is 15.9 Å². The molecule has 0 aliphatic rings. The van der Waals surface area contributed by atoms with Crippen LogP contribution in [0.15, 0.2) is 22.7 Å². The molecule has 1 rings (SSSR count). The fourth-order valence-corrected chi connectivity index (χ4v) is 2.16. The Morgan fingerprint density at radius 2 is 1.84 bits per heavy atom. The summed E-state index contributed by atoms with van der Waals surface area (Å²) in [4.78, 5) is 0. The van der Waals surface area contributed by atoms with E-state index in [1.807, 2.05) is 0 Å². The molecule has 0 aliphatic carbocycles. The summed E-state index contributed by atoms with van der Waals surface area (Å²) in [5.74, 6) is 0.251. The number of halogens is 4. The third kappa shape index (κ3) is 6.29. The van der Waals surface area contributed by atoms with Gasteiger partial charge in [-0.15, -0.1) is 13.2 Å². The first-order valence-corrected chi connectivity index (χ1v) is 6.78. The van der Waals surface area contributed by atoms with E-state index in [1.165, 1.54) is 12.1 Å². The zero-order chi connectivity index (χ0) is 14.6. The number of rotatable bonds is 5. The number of nitrogens with two attached hydrogens (primary N) is 1. The summed E-state index contributed by atoms with van der Waals surface area (Å²) in [7, 11) is 0. The monoisotopic (exact) mass is 339 g/mol. The fraction of sp³-hybridized carbons (Fsp3) is 0.538. The second-order valence-corrected chi connectivity index (χ2v) is 5.76. The molecular weight excluding hydrogens is 323 g/mol. The van der Waals surface area contributed by atoms with E-state index in [0.717, 1.165) is 12.8 Å². The molecular formula is C13H17BrF3NO. The Morgan fingerprint density at radius 1 is 1.21 bits per heavy atom. The molecule has 0 spiro atoms. The predicted molar refractivity (Wildman–Crippen MR) is 71.8 cm³/mol. The number of benzene rings is 1. The standard InChI is InChI=1S/C13H17BrF3NO/c1-8(2)3-4-12(18)9-5-10(14)7-11(6-9)19-13(15,16)17/h5-8,12H,3-4,18H2,1-2H3/t12-/m1/s1. The minimum Gasteiger partial charge on any atom is -0.406 e. The molecule has 0 fully saturated rings. The largest absolute Gasteiger partial charge is 0.573 e.